The number of hydrogen-bond donors (Lipinski definition) is 5. The zero-order valence-corrected chi connectivity index (χ0v) is 19.9. The van der Waals surface area contributed by atoms with E-state index in [4.69, 9.17) is 10.1 Å². The number of rotatable bonds is 8. The van der Waals surface area contributed by atoms with Gasteiger partial charge in [-0.2, -0.15) is 0 Å². The smallest absolute Gasteiger partial charge is 0.269 e. The van der Waals surface area contributed by atoms with Gasteiger partial charge in [-0.3, -0.25) is 15.1 Å². The van der Waals surface area contributed by atoms with E-state index in [9.17, 15) is 20.1 Å². The van der Waals surface area contributed by atoms with Crippen molar-refractivity contribution in [3.63, 3.8) is 0 Å². The lowest BCUT2D eigenvalue weighted by molar-refractivity contribution is -0.114. The molecule has 1 aliphatic heterocycles. The van der Waals surface area contributed by atoms with Crippen LogP contribution in [0.5, 0.6) is 11.5 Å². The maximum atomic E-state index is 12.5. The van der Waals surface area contributed by atoms with Crippen molar-refractivity contribution in [2.45, 2.75) is 33.2 Å². The van der Waals surface area contributed by atoms with Crippen molar-refractivity contribution < 1.29 is 24.9 Å². The molecule has 8 heteroatoms. The molecule has 0 unspecified atom stereocenters. The van der Waals surface area contributed by atoms with Gasteiger partial charge in [0.25, 0.3) is 5.91 Å². The van der Waals surface area contributed by atoms with Gasteiger partial charge >= 0.3 is 0 Å². The van der Waals surface area contributed by atoms with Crippen LogP contribution in [0.15, 0.2) is 36.4 Å². The van der Waals surface area contributed by atoms with Gasteiger partial charge in [-0.1, -0.05) is 38.1 Å². The zero-order chi connectivity index (χ0) is 24.8. The Kier molecular flexibility index (Phi) is 8.31. The minimum absolute atomic E-state index is 0.000400. The maximum Gasteiger partial charge on any atom is 0.269 e. The average Bonchev–Trinajstić information content (AvgIpc) is 2.80. The van der Waals surface area contributed by atoms with Gasteiger partial charge in [-0.05, 0) is 35.6 Å². The predicted octanol–water partition coefficient (Wildman–Crippen LogP) is 3.64. The van der Waals surface area contributed by atoms with Crippen molar-refractivity contribution in [1.82, 2.24) is 10.2 Å². The first-order chi connectivity index (χ1) is 16.2. The fourth-order valence-electron chi connectivity index (χ4n) is 3.94. The largest absolute Gasteiger partial charge is 0.508 e. The van der Waals surface area contributed by atoms with Gasteiger partial charge in [0.15, 0.2) is 0 Å². The minimum atomic E-state index is -0.635. The van der Waals surface area contributed by atoms with Gasteiger partial charge in [0, 0.05) is 32.2 Å². The molecular formula is C26H33N3O5. The molecule has 3 rings (SSSR count). The van der Waals surface area contributed by atoms with Crippen LogP contribution >= 0.6 is 0 Å². The molecule has 182 valence electrons. The zero-order valence-electron chi connectivity index (χ0n) is 19.9. The van der Waals surface area contributed by atoms with Crippen molar-refractivity contribution in [1.29, 1.82) is 5.41 Å². The second kappa shape index (κ2) is 11.2. The first-order valence-corrected chi connectivity index (χ1v) is 11.5. The van der Waals surface area contributed by atoms with Crippen LogP contribution in [-0.4, -0.2) is 64.7 Å². The molecule has 0 radical (unpaired) electrons. The van der Waals surface area contributed by atoms with Crippen molar-refractivity contribution in [3.05, 3.63) is 58.7 Å². The van der Waals surface area contributed by atoms with E-state index in [1.54, 1.807) is 19.1 Å². The molecule has 0 atom stereocenters. The number of benzene rings is 2. The fraction of sp³-hybridized carbons (Fsp3) is 0.385. The van der Waals surface area contributed by atoms with Crippen LogP contribution in [0, 0.1) is 5.41 Å². The summed E-state index contributed by atoms with van der Waals surface area (Å²) in [5, 5.41) is 43.0. The van der Waals surface area contributed by atoms with E-state index in [2.05, 4.69) is 10.2 Å². The Balaban J connectivity index is 2.05. The summed E-state index contributed by atoms with van der Waals surface area (Å²) in [5.74, 6) is -1.54. The number of aromatic hydroxyl groups is 2. The summed E-state index contributed by atoms with van der Waals surface area (Å²) in [5.41, 5.74) is 1.69. The van der Waals surface area contributed by atoms with E-state index in [0.717, 1.165) is 25.2 Å². The molecule has 1 saturated heterocycles. The van der Waals surface area contributed by atoms with Crippen LogP contribution in [0.4, 0.5) is 0 Å². The normalized spacial score (nSPS) is 15.2. The summed E-state index contributed by atoms with van der Waals surface area (Å²) >= 11 is 0. The number of ether oxygens (including phenoxy) is 1. The van der Waals surface area contributed by atoms with Crippen LogP contribution in [0.25, 0.3) is 11.3 Å². The number of nitrogens with one attached hydrogen (secondary N) is 2. The summed E-state index contributed by atoms with van der Waals surface area (Å²) < 4.78 is 5.39. The van der Waals surface area contributed by atoms with Crippen LogP contribution in [0.3, 0.4) is 0 Å². The third-order valence-corrected chi connectivity index (χ3v) is 5.83. The van der Waals surface area contributed by atoms with Gasteiger partial charge in [-0.25, -0.2) is 0 Å². The fourth-order valence-corrected chi connectivity index (χ4v) is 3.94. The first-order valence-electron chi connectivity index (χ1n) is 11.5. The van der Waals surface area contributed by atoms with Crippen LogP contribution < -0.4 is 5.32 Å². The van der Waals surface area contributed by atoms with Crippen molar-refractivity contribution in [2.24, 2.45) is 0 Å². The van der Waals surface area contributed by atoms with E-state index in [1.165, 1.54) is 12.1 Å². The van der Waals surface area contributed by atoms with Gasteiger partial charge in [0.1, 0.15) is 23.0 Å². The highest BCUT2D eigenvalue weighted by atomic mass is 16.5. The molecule has 0 aromatic heterocycles. The van der Waals surface area contributed by atoms with Gasteiger partial charge in [-0.15, -0.1) is 0 Å². The second-order valence-corrected chi connectivity index (χ2v) is 8.63. The minimum Gasteiger partial charge on any atom is -0.508 e. The van der Waals surface area contributed by atoms with Crippen molar-refractivity contribution in [2.75, 3.05) is 32.8 Å². The van der Waals surface area contributed by atoms with Crippen LogP contribution in [0.1, 0.15) is 48.9 Å². The summed E-state index contributed by atoms with van der Waals surface area (Å²) in [7, 11) is 0. The molecule has 0 aliphatic carbocycles. The Morgan fingerprint density at radius 3 is 2.35 bits per heavy atom. The molecule has 34 heavy (non-hydrogen) atoms. The molecule has 1 amide bonds. The highest BCUT2D eigenvalue weighted by Gasteiger charge is 2.24. The molecule has 1 aliphatic rings. The third kappa shape index (κ3) is 5.76. The molecule has 5 N–H and O–H groups in total. The van der Waals surface area contributed by atoms with Gasteiger partial charge in [0.2, 0.25) is 0 Å². The number of phenolic OH excluding ortho intramolecular Hbond substituents is 2. The monoisotopic (exact) mass is 467 g/mol. The maximum absolute atomic E-state index is 12.5. The average molecular weight is 468 g/mol. The number of amides is 1. The predicted molar refractivity (Wildman–Crippen MR) is 132 cm³/mol. The van der Waals surface area contributed by atoms with E-state index >= 15 is 0 Å². The summed E-state index contributed by atoms with van der Waals surface area (Å²) in [6.45, 7) is 9.70. The molecule has 0 spiro atoms. The van der Waals surface area contributed by atoms with Crippen molar-refractivity contribution in [3.8, 4) is 11.5 Å². The van der Waals surface area contributed by atoms with Crippen LogP contribution in [-0.2, 0) is 16.1 Å². The number of phenols is 2. The Hall–Kier alpha value is -3.36. The molecule has 2 aromatic rings. The molecule has 1 heterocycles. The molecule has 0 saturated carbocycles. The highest BCUT2D eigenvalue weighted by Crippen LogP contribution is 2.37. The number of aliphatic hydroxyl groups is 1. The van der Waals surface area contributed by atoms with Crippen molar-refractivity contribution >= 4 is 23.0 Å². The Morgan fingerprint density at radius 2 is 1.76 bits per heavy atom. The summed E-state index contributed by atoms with van der Waals surface area (Å²) in [4.78, 5) is 14.8. The van der Waals surface area contributed by atoms with E-state index in [1.807, 2.05) is 26.0 Å². The summed E-state index contributed by atoms with van der Waals surface area (Å²) in [6.07, 6.45) is 0. The molecule has 1 fully saturated rings. The molecule has 8 nitrogen and oxygen atoms in total. The van der Waals surface area contributed by atoms with E-state index in [-0.39, 0.29) is 28.6 Å². The third-order valence-electron chi connectivity index (χ3n) is 5.83. The van der Waals surface area contributed by atoms with Gasteiger partial charge in [0.05, 0.1) is 24.4 Å². The van der Waals surface area contributed by atoms with E-state index in [0.29, 0.717) is 30.9 Å². The summed E-state index contributed by atoms with van der Waals surface area (Å²) in [6, 6.07) is 9.98. The Bertz CT molecular complexity index is 1070. The lowest BCUT2D eigenvalue weighted by Gasteiger charge is -2.26. The second-order valence-electron chi connectivity index (χ2n) is 8.63. The molecule has 2 aromatic carbocycles. The number of aliphatic hydroxyl groups excluding tert-OH is 1. The first kappa shape index (κ1) is 25.3. The van der Waals surface area contributed by atoms with E-state index < -0.39 is 17.4 Å². The topological polar surface area (TPSA) is 126 Å². The molecular weight excluding hydrogens is 434 g/mol. The SMILES string of the molecule is CCNC(=O)C(=N)/C(=C(\O)c1cc(C(C)C)c(O)cc1O)c1ccc(CN2CCOCC2)cc1. The standard InChI is InChI=1S/C26H33N3O5/c1-4-28-26(33)24(27)23(25(32)20-13-19(16(2)3)21(30)14-22(20)31)18-7-5-17(6-8-18)15-29-9-11-34-12-10-29/h5-8,13-14,16,27,30-32H,4,9-12,15H2,1-3H3,(H,28,33)/b25-23-,27-24?. The quantitative estimate of drug-likeness (QED) is 0.229. The number of morpholine rings is 1. The number of nitrogens with zero attached hydrogens (tertiary/aromatic N) is 1. The highest BCUT2D eigenvalue weighted by molar-refractivity contribution is 6.56. The number of hydrogen-bond acceptors (Lipinski definition) is 7. The van der Waals surface area contributed by atoms with Crippen LogP contribution in [0.2, 0.25) is 0 Å². The number of carbonyl (C=O) groups is 1. The Labute approximate surface area is 200 Å². The lowest BCUT2D eigenvalue weighted by atomic mass is 9.92. The lowest BCUT2D eigenvalue weighted by Crippen LogP contribution is -2.35. The molecule has 0 bridgehead atoms. The Morgan fingerprint density at radius 1 is 1.12 bits per heavy atom. The van der Waals surface area contributed by atoms with Gasteiger partial charge < -0.3 is 25.4 Å². The number of carbonyl (C=O) groups excluding carboxylic acids is 1.